The largest absolute Gasteiger partial charge is 0.434 e. The number of amides is 1. The highest BCUT2D eigenvalue weighted by Crippen LogP contribution is 2.38. The lowest BCUT2D eigenvalue weighted by Crippen LogP contribution is -2.53. The number of carbonyl (C=O) groups is 1. The maximum atomic E-state index is 14.4. The highest BCUT2D eigenvalue weighted by molar-refractivity contribution is 7.13. The molecule has 1 amide bonds. The normalized spacial score (nSPS) is 17.4. The van der Waals surface area contributed by atoms with Crippen molar-refractivity contribution < 1.29 is 35.5 Å². The quantitative estimate of drug-likeness (QED) is 0.436. The van der Waals surface area contributed by atoms with Gasteiger partial charge in [0.25, 0.3) is 0 Å². The number of benzene rings is 1. The van der Waals surface area contributed by atoms with Crippen LogP contribution in [0.15, 0.2) is 29.6 Å². The molecule has 0 radical (unpaired) electrons. The molecule has 1 aliphatic rings. The number of nitriles is 1. The Morgan fingerprint density at radius 1 is 1.14 bits per heavy atom. The molecule has 0 saturated heterocycles. The molecule has 0 bridgehead atoms. The second-order valence-corrected chi connectivity index (χ2v) is 9.82. The Balaban J connectivity index is 1.86. The van der Waals surface area contributed by atoms with Crippen LogP contribution in [0.5, 0.6) is 0 Å². The van der Waals surface area contributed by atoms with Crippen LogP contribution in [0.1, 0.15) is 50.4 Å². The van der Waals surface area contributed by atoms with Crippen LogP contribution < -0.4 is 10.6 Å². The highest BCUT2D eigenvalue weighted by Gasteiger charge is 2.48. The van der Waals surface area contributed by atoms with E-state index in [0.717, 1.165) is 31.4 Å². The summed E-state index contributed by atoms with van der Waals surface area (Å²) in [6.45, 7) is 2.24. The standard InChI is InChI=1S/C22H21F7N4OS/c1-19(2,23)9-14(17(34)33-20(11-30)7-8-20)31-16(22(27,28)29)12-3-5-13(6-4-12)18-32-15(10-35-18)21(24,25)26/h3-6,10,14,16,31H,7-9H2,1-2H3,(H,33,34)/t14-,16-/m0/s1. The Hall–Kier alpha value is -2.72. The minimum absolute atomic E-state index is 0.0249. The molecule has 5 nitrogen and oxygen atoms in total. The Morgan fingerprint density at radius 2 is 1.74 bits per heavy atom. The fourth-order valence-corrected chi connectivity index (χ4v) is 4.19. The lowest BCUT2D eigenvalue weighted by atomic mass is 9.97. The summed E-state index contributed by atoms with van der Waals surface area (Å²) >= 11 is 0.694. The van der Waals surface area contributed by atoms with Crippen molar-refractivity contribution in [1.29, 1.82) is 5.26 Å². The molecule has 3 rings (SSSR count). The van der Waals surface area contributed by atoms with Crippen molar-refractivity contribution in [3.63, 3.8) is 0 Å². The monoisotopic (exact) mass is 522 g/mol. The smallest absolute Gasteiger partial charge is 0.336 e. The molecule has 1 saturated carbocycles. The summed E-state index contributed by atoms with van der Waals surface area (Å²) in [6.07, 6.45) is -9.44. The van der Waals surface area contributed by atoms with Crippen LogP contribution >= 0.6 is 11.3 Å². The van der Waals surface area contributed by atoms with Gasteiger partial charge >= 0.3 is 12.4 Å². The van der Waals surface area contributed by atoms with Gasteiger partial charge in [-0.15, -0.1) is 11.3 Å². The van der Waals surface area contributed by atoms with Gasteiger partial charge in [0.05, 0.1) is 12.1 Å². The first-order valence-electron chi connectivity index (χ1n) is 10.4. The van der Waals surface area contributed by atoms with Gasteiger partial charge in [0.2, 0.25) is 5.91 Å². The summed E-state index contributed by atoms with van der Waals surface area (Å²) in [5.74, 6) is -0.928. The fraction of sp³-hybridized carbons (Fsp3) is 0.500. The van der Waals surface area contributed by atoms with Crippen molar-refractivity contribution in [2.45, 2.75) is 68.8 Å². The van der Waals surface area contributed by atoms with Gasteiger partial charge in [-0.1, -0.05) is 24.3 Å². The number of carbonyl (C=O) groups excluding carboxylic acids is 1. The number of nitrogens with zero attached hydrogens (tertiary/aromatic N) is 2. The van der Waals surface area contributed by atoms with Gasteiger partial charge in [-0.25, -0.2) is 9.37 Å². The number of rotatable bonds is 8. The van der Waals surface area contributed by atoms with Crippen molar-refractivity contribution in [3.8, 4) is 16.6 Å². The zero-order chi connectivity index (χ0) is 26.2. The lowest BCUT2D eigenvalue weighted by molar-refractivity contribution is -0.161. The summed E-state index contributed by atoms with van der Waals surface area (Å²) in [6, 6.07) is 2.41. The van der Waals surface area contributed by atoms with Crippen molar-refractivity contribution >= 4 is 17.2 Å². The molecule has 35 heavy (non-hydrogen) atoms. The maximum absolute atomic E-state index is 14.4. The summed E-state index contributed by atoms with van der Waals surface area (Å²) in [4.78, 5) is 16.2. The third kappa shape index (κ3) is 6.91. The first kappa shape index (κ1) is 26.9. The minimum atomic E-state index is -4.89. The zero-order valence-electron chi connectivity index (χ0n) is 18.5. The highest BCUT2D eigenvalue weighted by atomic mass is 32.1. The van der Waals surface area contributed by atoms with Crippen LogP contribution in [0.25, 0.3) is 10.6 Å². The topological polar surface area (TPSA) is 77.8 Å². The predicted octanol–water partition coefficient (Wildman–Crippen LogP) is 5.70. The van der Waals surface area contributed by atoms with Crippen LogP contribution in [0, 0.1) is 11.3 Å². The molecule has 0 aliphatic heterocycles. The third-order valence-electron chi connectivity index (χ3n) is 5.31. The number of hydrogen-bond donors (Lipinski definition) is 2. The molecular formula is C22H21F7N4OS. The maximum Gasteiger partial charge on any atom is 0.434 e. The van der Waals surface area contributed by atoms with E-state index < -0.39 is 53.7 Å². The van der Waals surface area contributed by atoms with E-state index in [1.807, 2.05) is 6.07 Å². The molecule has 1 fully saturated rings. The second kappa shape index (κ2) is 9.39. The zero-order valence-corrected chi connectivity index (χ0v) is 19.3. The number of nitrogens with one attached hydrogen (secondary N) is 2. The summed E-state index contributed by atoms with van der Waals surface area (Å²) < 4.78 is 94.6. The molecule has 2 N–H and O–H groups in total. The summed E-state index contributed by atoms with van der Waals surface area (Å²) in [5, 5.41) is 14.5. The average molecular weight is 522 g/mol. The van der Waals surface area contributed by atoms with Gasteiger partial charge in [-0.2, -0.15) is 31.6 Å². The third-order valence-corrected chi connectivity index (χ3v) is 6.20. The first-order chi connectivity index (χ1) is 16.0. The van der Waals surface area contributed by atoms with Crippen LogP contribution in [0.4, 0.5) is 30.7 Å². The number of alkyl halides is 7. The van der Waals surface area contributed by atoms with E-state index in [1.54, 1.807) is 0 Å². The van der Waals surface area contributed by atoms with Gasteiger partial charge in [0, 0.05) is 17.4 Å². The van der Waals surface area contributed by atoms with Gasteiger partial charge in [-0.3, -0.25) is 10.1 Å². The average Bonchev–Trinajstić information content (AvgIpc) is 3.30. The molecule has 1 aromatic heterocycles. The molecule has 13 heteroatoms. The molecule has 1 aromatic carbocycles. The second-order valence-electron chi connectivity index (χ2n) is 8.96. The Labute approximate surface area is 200 Å². The Morgan fingerprint density at radius 3 is 2.17 bits per heavy atom. The SMILES string of the molecule is CC(C)(F)C[C@H](N[C@@H](c1ccc(-c2nc(C(F)(F)F)cs2)cc1)C(F)(F)F)C(=O)NC1(C#N)CC1. The van der Waals surface area contributed by atoms with Crippen LogP contribution in [0.2, 0.25) is 0 Å². The van der Waals surface area contributed by atoms with Crippen LogP contribution in [0.3, 0.4) is 0 Å². The van der Waals surface area contributed by atoms with Crippen molar-refractivity contribution in [2.75, 3.05) is 0 Å². The minimum Gasteiger partial charge on any atom is -0.336 e. The van der Waals surface area contributed by atoms with Gasteiger partial charge in [-0.05, 0) is 32.3 Å². The van der Waals surface area contributed by atoms with E-state index in [4.69, 9.17) is 5.26 Å². The molecular weight excluding hydrogens is 501 g/mol. The number of halogens is 7. The van der Waals surface area contributed by atoms with Crippen LogP contribution in [-0.4, -0.2) is 34.3 Å². The van der Waals surface area contributed by atoms with Gasteiger partial charge in [0.15, 0.2) is 5.69 Å². The fourth-order valence-electron chi connectivity index (χ4n) is 3.36. The van der Waals surface area contributed by atoms with Crippen molar-refractivity contribution in [3.05, 3.63) is 40.9 Å². The molecule has 1 aliphatic carbocycles. The van der Waals surface area contributed by atoms with Crippen molar-refractivity contribution in [1.82, 2.24) is 15.6 Å². The molecule has 190 valence electrons. The van der Waals surface area contributed by atoms with Crippen LogP contribution in [-0.2, 0) is 11.0 Å². The van der Waals surface area contributed by atoms with E-state index in [1.165, 1.54) is 12.1 Å². The number of aromatic nitrogens is 1. The molecule has 1 heterocycles. The van der Waals surface area contributed by atoms with E-state index in [-0.39, 0.29) is 16.1 Å². The van der Waals surface area contributed by atoms with Gasteiger partial charge < -0.3 is 5.32 Å². The Bertz CT molecular complexity index is 1090. The molecule has 2 atom stereocenters. The molecule has 0 spiro atoms. The van der Waals surface area contributed by atoms with E-state index in [0.29, 0.717) is 24.2 Å². The van der Waals surface area contributed by atoms with Gasteiger partial charge in [0.1, 0.15) is 22.3 Å². The van der Waals surface area contributed by atoms with Crippen molar-refractivity contribution in [2.24, 2.45) is 0 Å². The van der Waals surface area contributed by atoms with E-state index in [9.17, 15) is 35.5 Å². The summed E-state index contributed by atoms with van der Waals surface area (Å²) in [5.41, 5.74) is -4.41. The van der Waals surface area contributed by atoms with E-state index in [2.05, 4.69) is 15.6 Å². The number of thiazole rings is 1. The Kier molecular flexibility index (Phi) is 7.21. The summed E-state index contributed by atoms with van der Waals surface area (Å²) in [7, 11) is 0. The predicted molar refractivity (Wildman–Crippen MR) is 114 cm³/mol. The first-order valence-corrected chi connectivity index (χ1v) is 11.3. The lowest BCUT2D eigenvalue weighted by Gasteiger charge is -2.30. The number of hydrogen-bond acceptors (Lipinski definition) is 5. The molecule has 0 unspecified atom stereocenters. The molecule has 2 aromatic rings. The van der Waals surface area contributed by atoms with E-state index >= 15 is 0 Å².